The first-order valence-corrected chi connectivity index (χ1v) is 9.48. The summed E-state index contributed by atoms with van der Waals surface area (Å²) in [4.78, 5) is 8.66. The summed E-state index contributed by atoms with van der Waals surface area (Å²) in [5, 5.41) is 2.07. The molecule has 0 unspecified atom stereocenters. The largest absolute Gasteiger partial charge is 0.245 e. The third kappa shape index (κ3) is 2.42. The van der Waals surface area contributed by atoms with Gasteiger partial charge in [-0.3, -0.25) is 0 Å². The lowest BCUT2D eigenvalue weighted by atomic mass is 10.8. The highest BCUT2D eigenvalue weighted by Crippen LogP contribution is 2.62. The van der Waals surface area contributed by atoms with Crippen LogP contribution in [0.2, 0.25) is 0 Å². The molecule has 82 valence electrons. The number of thioether (sulfide) groups is 4. The molecule has 0 saturated carbocycles. The van der Waals surface area contributed by atoms with Crippen molar-refractivity contribution < 1.29 is 0 Å². The van der Waals surface area contributed by atoms with Gasteiger partial charge in [0.25, 0.3) is 0 Å². The van der Waals surface area contributed by atoms with E-state index in [1.165, 1.54) is 14.3 Å². The minimum atomic E-state index is 1.04. The quantitative estimate of drug-likeness (QED) is 0.443. The predicted octanol–water partition coefficient (Wildman–Crippen LogP) is 5.28. The van der Waals surface area contributed by atoms with Crippen LogP contribution in [0.5, 0.6) is 0 Å². The highest BCUT2D eigenvalue weighted by Gasteiger charge is 2.28. The topological polar surface area (TPSA) is 25.8 Å². The molecule has 2 aliphatic heterocycles. The Hall–Kier alpha value is 1.42. The Kier molecular flexibility index (Phi) is 4.04. The van der Waals surface area contributed by atoms with Gasteiger partial charge in [-0.15, -0.1) is 0 Å². The van der Waals surface area contributed by atoms with Crippen LogP contribution in [0.25, 0.3) is 0 Å². The molecule has 0 fully saturated rings. The molecule has 0 aliphatic carbocycles. The van der Waals surface area contributed by atoms with E-state index >= 15 is 0 Å². The van der Waals surface area contributed by atoms with Crippen LogP contribution in [0.15, 0.2) is 36.7 Å². The molecule has 16 heavy (non-hydrogen) atoms. The average Bonchev–Trinajstić information content (AvgIpc) is 2.83. The zero-order valence-corrected chi connectivity index (χ0v) is 15.0. The van der Waals surface area contributed by atoms with Gasteiger partial charge in [0, 0.05) is 12.4 Å². The Bertz CT molecular complexity index is 486. The van der Waals surface area contributed by atoms with Crippen molar-refractivity contribution >= 4 is 92.2 Å². The van der Waals surface area contributed by atoms with Crippen LogP contribution >= 0.6 is 92.2 Å². The molecule has 2 nitrogen and oxygen atoms in total. The van der Waals surface area contributed by atoms with Crippen molar-refractivity contribution in [3.8, 4) is 0 Å². The van der Waals surface area contributed by atoms with Gasteiger partial charge in [-0.1, -0.05) is 47.0 Å². The van der Waals surface area contributed by atoms with E-state index in [1.807, 2.05) is 23.5 Å². The second-order valence-corrected chi connectivity index (χ2v) is 10.9. The van der Waals surface area contributed by atoms with E-state index in [9.17, 15) is 0 Å². The highest BCUT2D eigenvalue weighted by molar-refractivity contribution is 14.1. The van der Waals surface area contributed by atoms with Gasteiger partial charge in [-0.25, -0.2) is 9.97 Å². The second-order valence-electron chi connectivity index (χ2n) is 2.70. The minimum Gasteiger partial charge on any atom is -0.245 e. The minimum absolute atomic E-state index is 1.04. The van der Waals surface area contributed by atoms with Crippen LogP contribution in [0.1, 0.15) is 0 Å². The van der Waals surface area contributed by atoms with Crippen LogP contribution in [0, 0.1) is 0 Å². The molecule has 0 amide bonds. The molecule has 1 aromatic rings. The molecule has 1 aromatic heterocycles. The SMILES string of the molecule is IC1=C(I)SC(=C2Sc3nccnc3S2)S1. The number of hydrogen-bond acceptors (Lipinski definition) is 6. The Morgan fingerprint density at radius 2 is 1.19 bits per heavy atom. The van der Waals surface area contributed by atoms with Crippen molar-refractivity contribution in [3.05, 3.63) is 26.7 Å². The lowest BCUT2D eigenvalue weighted by molar-refractivity contribution is 0.930. The number of hydrogen-bond donors (Lipinski definition) is 0. The van der Waals surface area contributed by atoms with Crippen molar-refractivity contribution in [3.63, 3.8) is 0 Å². The summed E-state index contributed by atoms with van der Waals surface area (Å²) in [5.74, 6) is 0. The van der Waals surface area contributed by atoms with E-state index in [-0.39, 0.29) is 0 Å². The van der Waals surface area contributed by atoms with Crippen molar-refractivity contribution in [2.24, 2.45) is 0 Å². The van der Waals surface area contributed by atoms with Gasteiger partial charge in [0.05, 0.1) is 14.3 Å². The van der Waals surface area contributed by atoms with E-state index in [0.717, 1.165) is 10.1 Å². The van der Waals surface area contributed by atoms with Gasteiger partial charge in [-0.2, -0.15) is 0 Å². The van der Waals surface area contributed by atoms with Crippen LogP contribution in [0.4, 0.5) is 0 Å². The molecule has 3 heterocycles. The molecule has 0 saturated heterocycles. The summed E-state index contributed by atoms with van der Waals surface area (Å²) in [7, 11) is 0. The summed E-state index contributed by atoms with van der Waals surface area (Å²) in [6.07, 6.45) is 3.50. The lowest BCUT2D eigenvalue weighted by Gasteiger charge is -1.98. The standard InChI is InChI=1S/C8H2I2N2S4/c9-3-4(10)14-7(13-3)8-15-5-6(16-8)12-2-1-11-5/h1-2H. The average molecular weight is 508 g/mol. The van der Waals surface area contributed by atoms with Crippen molar-refractivity contribution in [2.75, 3.05) is 0 Å². The van der Waals surface area contributed by atoms with Gasteiger partial charge in [0.1, 0.15) is 10.1 Å². The van der Waals surface area contributed by atoms with Crippen LogP contribution in [-0.2, 0) is 0 Å². The van der Waals surface area contributed by atoms with Crippen LogP contribution < -0.4 is 0 Å². The fourth-order valence-electron chi connectivity index (χ4n) is 1.08. The second kappa shape index (κ2) is 5.19. The molecular weight excluding hydrogens is 506 g/mol. The van der Waals surface area contributed by atoms with Gasteiger partial charge in [-0.05, 0) is 45.2 Å². The maximum atomic E-state index is 4.33. The molecule has 0 N–H and O–H groups in total. The number of halogens is 2. The number of fused-ring (bicyclic) bond motifs is 1. The van der Waals surface area contributed by atoms with Crippen molar-refractivity contribution in [1.29, 1.82) is 0 Å². The summed E-state index contributed by atoms with van der Waals surface area (Å²) in [5.41, 5.74) is 0. The zero-order valence-electron chi connectivity index (χ0n) is 7.44. The maximum absolute atomic E-state index is 4.33. The first kappa shape index (κ1) is 12.5. The van der Waals surface area contributed by atoms with Gasteiger partial charge in [0.2, 0.25) is 0 Å². The first-order chi connectivity index (χ1) is 7.74. The van der Waals surface area contributed by atoms with E-state index < -0.39 is 0 Å². The van der Waals surface area contributed by atoms with E-state index in [0.29, 0.717) is 0 Å². The van der Waals surface area contributed by atoms with E-state index in [1.54, 1.807) is 35.9 Å². The van der Waals surface area contributed by atoms with Crippen LogP contribution in [0.3, 0.4) is 0 Å². The molecule has 3 rings (SSSR count). The Balaban J connectivity index is 1.90. The third-order valence-corrected chi connectivity index (χ3v) is 10.9. The predicted molar refractivity (Wildman–Crippen MR) is 91.0 cm³/mol. The molecule has 2 aliphatic rings. The highest BCUT2D eigenvalue weighted by atomic mass is 127. The van der Waals surface area contributed by atoms with E-state index in [4.69, 9.17) is 0 Å². The Morgan fingerprint density at radius 3 is 1.69 bits per heavy atom. The van der Waals surface area contributed by atoms with Crippen molar-refractivity contribution in [1.82, 2.24) is 9.97 Å². The third-order valence-electron chi connectivity index (χ3n) is 1.70. The molecule has 0 spiro atoms. The summed E-state index contributed by atoms with van der Waals surface area (Å²) >= 11 is 11.9. The fourth-order valence-corrected chi connectivity index (χ4v) is 8.44. The molecule has 0 atom stereocenters. The monoisotopic (exact) mass is 508 g/mol. The number of rotatable bonds is 0. The normalized spacial score (nSPS) is 19.6. The zero-order chi connectivity index (χ0) is 11.1. The number of nitrogens with zero attached hydrogens (tertiary/aromatic N) is 2. The number of aromatic nitrogens is 2. The smallest absolute Gasteiger partial charge is 0.134 e. The van der Waals surface area contributed by atoms with Gasteiger partial charge < -0.3 is 0 Å². The van der Waals surface area contributed by atoms with Gasteiger partial charge in [0.15, 0.2) is 0 Å². The molecule has 0 aromatic carbocycles. The molecule has 0 radical (unpaired) electrons. The summed E-state index contributed by atoms with van der Waals surface area (Å²) < 4.78 is 5.41. The summed E-state index contributed by atoms with van der Waals surface area (Å²) in [6, 6.07) is 0. The Morgan fingerprint density at radius 1 is 0.750 bits per heavy atom. The maximum Gasteiger partial charge on any atom is 0.134 e. The van der Waals surface area contributed by atoms with Crippen LogP contribution in [-0.4, -0.2) is 9.97 Å². The Labute approximate surface area is 137 Å². The molecule has 8 heteroatoms. The first-order valence-electron chi connectivity index (χ1n) is 4.06. The molecular formula is C8H2I2N2S4. The summed E-state index contributed by atoms with van der Waals surface area (Å²) in [6.45, 7) is 0. The van der Waals surface area contributed by atoms with Gasteiger partial charge >= 0.3 is 0 Å². The lowest BCUT2D eigenvalue weighted by Crippen LogP contribution is -1.79. The van der Waals surface area contributed by atoms with Crippen molar-refractivity contribution in [2.45, 2.75) is 10.1 Å². The van der Waals surface area contributed by atoms with E-state index in [2.05, 4.69) is 55.1 Å². The fraction of sp³-hybridized carbons (Fsp3) is 0. The molecule has 0 bridgehead atoms.